The molecule has 0 aromatic heterocycles. The first-order valence-corrected chi connectivity index (χ1v) is 14.4. The van der Waals surface area contributed by atoms with Gasteiger partial charge in [-0.15, -0.1) is 0 Å². The lowest BCUT2D eigenvalue weighted by Gasteiger charge is -2.40. The third kappa shape index (κ3) is 5.86. The lowest BCUT2D eigenvalue weighted by atomic mass is 9.75. The lowest BCUT2D eigenvalue weighted by Crippen LogP contribution is -2.48. The Morgan fingerprint density at radius 3 is 2.44 bits per heavy atom. The van der Waals surface area contributed by atoms with Crippen molar-refractivity contribution >= 4 is 33.3 Å². The third-order valence-electron chi connectivity index (χ3n) is 7.36. The predicted molar refractivity (Wildman–Crippen MR) is 142 cm³/mol. The van der Waals surface area contributed by atoms with E-state index < -0.39 is 50.0 Å². The van der Waals surface area contributed by atoms with Crippen LogP contribution in [0.15, 0.2) is 65.6 Å². The predicted octanol–water partition coefficient (Wildman–Crippen LogP) is 6.39. The Hall–Kier alpha value is -3.35. The number of ether oxygens (including phenoxy) is 2. The zero-order valence-electron chi connectivity index (χ0n) is 21.3. The van der Waals surface area contributed by atoms with Crippen LogP contribution in [0.3, 0.4) is 0 Å². The van der Waals surface area contributed by atoms with Crippen molar-refractivity contribution in [1.29, 1.82) is 0 Å². The van der Waals surface area contributed by atoms with Crippen LogP contribution in [0, 0.1) is 11.2 Å². The topological polar surface area (TPSA) is 93.1 Å². The molecule has 1 saturated heterocycles. The number of alkyl halides is 3. The van der Waals surface area contributed by atoms with Crippen LogP contribution >= 0.6 is 11.6 Å². The van der Waals surface area contributed by atoms with Crippen molar-refractivity contribution in [3.05, 3.63) is 77.1 Å². The molecule has 5 rings (SSSR count). The summed E-state index contributed by atoms with van der Waals surface area (Å²) < 4.78 is 94.6. The number of benzene rings is 3. The molecule has 13 heteroatoms. The fourth-order valence-electron chi connectivity index (χ4n) is 5.21. The monoisotopic (exact) mass is 613 g/mol. The normalized spacial score (nSPS) is 18.9. The van der Waals surface area contributed by atoms with Crippen LogP contribution in [0.25, 0.3) is 11.1 Å². The van der Waals surface area contributed by atoms with Crippen LogP contribution in [0.1, 0.15) is 24.8 Å². The Morgan fingerprint density at radius 2 is 1.78 bits per heavy atom. The average Bonchev–Trinajstić information content (AvgIpc) is 2.92. The molecule has 3 aromatic carbocycles. The van der Waals surface area contributed by atoms with Gasteiger partial charge >= 0.3 is 12.1 Å². The summed E-state index contributed by atoms with van der Waals surface area (Å²) in [5, 5.41) is 10.2. The molecule has 2 heterocycles. The van der Waals surface area contributed by atoms with Crippen LogP contribution in [-0.2, 0) is 25.7 Å². The van der Waals surface area contributed by atoms with Gasteiger partial charge in [0.25, 0.3) is 10.0 Å². The lowest BCUT2D eigenvalue weighted by molar-refractivity contribution is -0.157. The zero-order valence-corrected chi connectivity index (χ0v) is 22.9. The molecule has 0 bridgehead atoms. The Bertz CT molecular complexity index is 1570. The molecule has 41 heavy (non-hydrogen) atoms. The smallest absolute Gasteiger partial charge is 0.416 e. The number of carbonyl (C=O) groups is 1. The van der Waals surface area contributed by atoms with E-state index in [0.717, 1.165) is 28.6 Å². The highest BCUT2D eigenvalue weighted by molar-refractivity contribution is 7.92. The maximum absolute atomic E-state index is 14.1. The van der Waals surface area contributed by atoms with E-state index in [4.69, 9.17) is 21.1 Å². The molecule has 218 valence electrons. The minimum absolute atomic E-state index is 0.00731. The summed E-state index contributed by atoms with van der Waals surface area (Å²) in [5.74, 6) is -1.61. The van der Waals surface area contributed by atoms with Crippen molar-refractivity contribution in [1.82, 2.24) is 0 Å². The number of rotatable bonds is 6. The minimum Gasteiger partial charge on any atom is -0.486 e. The number of nitrogens with zero attached hydrogens (tertiary/aromatic N) is 1. The van der Waals surface area contributed by atoms with Gasteiger partial charge < -0.3 is 14.6 Å². The number of carboxylic acids is 1. The van der Waals surface area contributed by atoms with E-state index >= 15 is 0 Å². The molecule has 1 fully saturated rings. The van der Waals surface area contributed by atoms with Crippen molar-refractivity contribution in [2.24, 2.45) is 5.41 Å². The third-order valence-corrected chi connectivity index (χ3v) is 9.35. The van der Waals surface area contributed by atoms with Gasteiger partial charge in [0.2, 0.25) is 0 Å². The van der Waals surface area contributed by atoms with E-state index in [2.05, 4.69) is 0 Å². The first-order chi connectivity index (χ1) is 19.3. The first-order valence-electron chi connectivity index (χ1n) is 12.6. The van der Waals surface area contributed by atoms with E-state index in [1.54, 1.807) is 6.07 Å². The average molecular weight is 614 g/mol. The van der Waals surface area contributed by atoms with E-state index in [1.807, 2.05) is 0 Å². The minimum atomic E-state index is -4.78. The summed E-state index contributed by atoms with van der Waals surface area (Å²) in [5.41, 5.74) is -1.65. The SMILES string of the molecule is O=C(O)C1(C[C@H]2CN(S(=O)(=O)c3cccc(C(F)(F)F)c3)c3cc(-c4cc(F)cc(Cl)c4)ccc3O2)CCOCC1. The molecule has 1 N–H and O–H groups in total. The Kier molecular flexibility index (Phi) is 7.68. The highest BCUT2D eigenvalue weighted by Gasteiger charge is 2.45. The molecule has 1 atom stereocenters. The summed E-state index contributed by atoms with van der Waals surface area (Å²) in [4.78, 5) is 11.7. The number of anilines is 1. The van der Waals surface area contributed by atoms with Gasteiger partial charge in [-0.1, -0.05) is 23.7 Å². The molecule has 0 saturated carbocycles. The van der Waals surface area contributed by atoms with Gasteiger partial charge in [-0.05, 0) is 72.5 Å². The molecule has 0 radical (unpaired) electrons. The molecular formula is C28H24ClF4NO6S. The van der Waals surface area contributed by atoms with E-state index in [0.29, 0.717) is 17.2 Å². The van der Waals surface area contributed by atoms with Gasteiger partial charge in [0.1, 0.15) is 17.7 Å². The van der Waals surface area contributed by atoms with E-state index in [-0.39, 0.29) is 55.5 Å². The van der Waals surface area contributed by atoms with Crippen molar-refractivity contribution < 1.29 is 45.4 Å². The molecule has 0 spiro atoms. The van der Waals surface area contributed by atoms with Crippen molar-refractivity contribution in [3.63, 3.8) is 0 Å². The van der Waals surface area contributed by atoms with E-state index in [1.165, 1.54) is 24.3 Å². The molecule has 7 nitrogen and oxygen atoms in total. The summed E-state index contributed by atoms with van der Waals surface area (Å²) in [6.07, 6.45) is -5.39. The van der Waals surface area contributed by atoms with Gasteiger partial charge in [-0.25, -0.2) is 12.8 Å². The van der Waals surface area contributed by atoms with Crippen LogP contribution in [0.2, 0.25) is 5.02 Å². The van der Waals surface area contributed by atoms with Gasteiger partial charge in [-0.2, -0.15) is 13.2 Å². The molecule has 2 aliphatic heterocycles. The van der Waals surface area contributed by atoms with Gasteiger partial charge in [0.05, 0.1) is 28.1 Å². The number of hydrogen-bond acceptors (Lipinski definition) is 5. The summed E-state index contributed by atoms with van der Waals surface area (Å²) in [7, 11) is -4.61. The second-order valence-corrected chi connectivity index (χ2v) is 12.3. The maximum Gasteiger partial charge on any atom is 0.416 e. The molecule has 2 aliphatic rings. The second-order valence-electron chi connectivity index (χ2n) is 10.0. The van der Waals surface area contributed by atoms with E-state index in [9.17, 15) is 35.9 Å². The second kappa shape index (κ2) is 10.8. The highest BCUT2D eigenvalue weighted by atomic mass is 35.5. The summed E-state index contributed by atoms with van der Waals surface area (Å²) in [6.45, 7) is 0.0532. The quantitative estimate of drug-likeness (QED) is 0.324. The van der Waals surface area contributed by atoms with Crippen LogP contribution in [-0.4, -0.2) is 45.4 Å². The van der Waals surface area contributed by atoms with Crippen molar-refractivity contribution in [2.45, 2.75) is 36.4 Å². The molecule has 0 unspecified atom stereocenters. The van der Waals surface area contributed by atoms with Gasteiger partial charge in [-0.3, -0.25) is 9.10 Å². The Balaban J connectivity index is 1.61. The molecule has 0 aliphatic carbocycles. The van der Waals surface area contributed by atoms with Gasteiger partial charge in [0.15, 0.2) is 0 Å². The molecular weight excluding hydrogens is 590 g/mol. The number of fused-ring (bicyclic) bond motifs is 1. The first kappa shape index (κ1) is 29.2. The summed E-state index contributed by atoms with van der Waals surface area (Å²) >= 11 is 6.01. The largest absolute Gasteiger partial charge is 0.486 e. The highest BCUT2D eigenvalue weighted by Crippen LogP contribution is 2.44. The standard InChI is InChI=1S/C28H24ClF4NO6S/c29-20-10-18(11-21(30)14-20)17-4-5-25-24(12-17)34(41(37,38)23-3-1-2-19(13-23)28(31,32)33)16-22(40-25)15-27(26(35)36)6-8-39-9-7-27/h1-5,10-14,22H,6-9,15-16H2,(H,35,36)/t22-/m0/s1. The van der Waals surface area contributed by atoms with Gasteiger partial charge in [0, 0.05) is 24.7 Å². The maximum atomic E-state index is 14.1. The van der Waals surface area contributed by atoms with Crippen molar-refractivity contribution in [2.75, 3.05) is 24.1 Å². The fourth-order valence-corrected chi connectivity index (χ4v) is 6.98. The number of hydrogen-bond donors (Lipinski definition) is 1. The molecule has 3 aromatic rings. The fraction of sp³-hybridized carbons (Fsp3) is 0.321. The van der Waals surface area contributed by atoms with Crippen LogP contribution in [0.5, 0.6) is 5.75 Å². The van der Waals surface area contributed by atoms with Crippen molar-refractivity contribution in [3.8, 4) is 16.9 Å². The Labute approximate surface area is 238 Å². The number of sulfonamides is 1. The number of carboxylic acid groups (broad SMARTS) is 1. The summed E-state index contributed by atoms with van der Waals surface area (Å²) in [6, 6.07) is 11.6. The number of halogens is 5. The zero-order chi connectivity index (χ0) is 29.6. The van der Waals surface area contributed by atoms with Crippen LogP contribution in [0.4, 0.5) is 23.2 Å². The molecule has 0 amide bonds. The Morgan fingerprint density at radius 1 is 1.05 bits per heavy atom. The number of aliphatic carboxylic acids is 1. The van der Waals surface area contributed by atoms with Crippen LogP contribution < -0.4 is 9.04 Å².